The molecular formula is C10H12N2OS. The Morgan fingerprint density at radius 3 is 3.36 bits per heavy atom. The van der Waals surface area contributed by atoms with Crippen LogP contribution in [0.5, 0.6) is 5.75 Å². The molecule has 0 radical (unpaired) electrons. The van der Waals surface area contributed by atoms with Crippen LogP contribution in [0.2, 0.25) is 0 Å². The van der Waals surface area contributed by atoms with E-state index in [1.54, 1.807) is 18.0 Å². The van der Waals surface area contributed by atoms with E-state index in [9.17, 15) is 5.11 Å². The van der Waals surface area contributed by atoms with E-state index in [0.717, 1.165) is 11.4 Å². The van der Waals surface area contributed by atoms with E-state index in [2.05, 4.69) is 9.62 Å². The highest BCUT2D eigenvalue weighted by Gasteiger charge is 2.30. The third-order valence-electron chi connectivity index (χ3n) is 2.81. The van der Waals surface area contributed by atoms with E-state index in [4.69, 9.17) is 0 Å². The standard InChI is InChI=1S/C10H12N2OS/c13-7-3-4-8-9(6-7)14-11-10-2-1-5-12(8)10/h3-4,6,10-11,13H,1-2,5H2. The number of benzene rings is 1. The van der Waals surface area contributed by atoms with Gasteiger partial charge in [0, 0.05) is 11.4 Å². The molecule has 2 aliphatic heterocycles. The lowest BCUT2D eigenvalue weighted by Crippen LogP contribution is -2.40. The molecule has 1 aromatic rings. The van der Waals surface area contributed by atoms with Gasteiger partial charge in [-0.2, -0.15) is 0 Å². The quantitative estimate of drug-likeness (QED) is 0.639. The second-order valence-electron chi connectivity index (χ2n) is 3.72. The first-order valence-corrected chi connectivity index (χ1v) is 5.68. The molecule has 0 spiro atoms. The minimum atomic E-state index is 0.343. The van der Waals surface area contributed by atoms with E-state index in [1.165, 1.54) is 18.5 Å². The molecule has 4 heteroatoms. The second-order valence-corrected chi connectivity index (χ2v) is 4.60. The van der Waals surface area contributed by atoms with E-state index in [0.29, 0.717) is 11.9 Å². The maximum atomic E-state index is 9.37. The molecule has 0 bridgehead atoms. The number of phenolic OH excluding ortho intramolecular Hbond substituents is 1. The Labute approximate surface area is 87.2 Å². The van der Waals surface area contributed by atoms with E-state index in [1.807, 2.05) is 12.1 Å². The van der Waals surface area contributed by atoms with Crippen molar-refractivity contribution in [1.82, 2.24) is 4.72 Å². The van der Waals surface area contributed by atoms with Crippen molar-refractivity contribution in [3.05, 3.63) is 18.2 Å². The molecular weight excluding hydrogens is 196 g/mol. The number of hydrogen-bond donors (Lipinski definition) is 2. The summed E-state index contributed by atoms with van der Waals surface area (Å²) in [6.07, 6.45) is 2.95. The minimum absolute atomic E-state index is 0.343. The lowest BCUT2D eigenvalue weighted by atomic mass is 10.2. The molecule has 0 amide bonds. The fraction of sp³-hybridized carbons (Fsp3) is 0.400. The first-order valence-electron chi connectivity index (χ1n) is 4.86. The number of phenols is 1. The zero-order valence-electron chi connectivity index (χ0n) is 7.73. The summed E-state index contributed by atoms with van der Waals surface area (Å²) < 4.78 is 3.40. The van der Waals surface area contributed by atoms with Gasteiger partial charge in [0.2, 0.25) is 0 Å². The van der Waals surface area contributed by atoms with Crippen molar-refractivity contribution in [3.63, 3.8) is 0 Å². The average molecular weight is 208 g/mol. The van der Waals surface area contributed by atoms with Crippen LogP contribution in [0.1, 0.15) is 12.8 Å². The molecule has 1 fully saturated rings. The third kappa shape index (κ3) is 1.18. The Morgan fingerprint density at radius 2 is 2.43 bits per heavy atom. The molecule has 14 heavy (non-hydrogen) atoms. The number of anilines is 1. The monoisotopic (exact) mass is 208 g/mol. The summed E-state index contributed by atoms with van der Waals surface area (Å²) in [7, 11) is 0. The number of rotatable bonds is 0. The highest BCUT2D eigenvalue weighted by molar-refractivity contribution is 7.97. The highest BCUT2D eigenvalue weighted by atomic mass is 32.2. The summed E-state index contributed by atoms with van der Waals surface area (Å²) in [6, 6.07) is 5.60. The zero-order chi connectivity index (χ0) is 9.54. The summed E-state index contributed by atoms with van der Waals surface area (Å²) in [5.74, 6) is 0.343. The summed E-state index contributed by atoms with van der Waals surface area (Å²) in [5, 5.41) is 9.37. The summed E-state index contributed by atoms with van der Waals surface area (Å²) in [5.41, 5.74) is 1.26. The molecule has 0 aromatic heterocycles. The van der Waals surface area contributed by atoms with Gasteiger partial charge in [-0.05, 0) is 43.0 Å². The maximum absolute atomic E-state index is 9.37. The van der Waals surface area contributed by atoms with Crippen molar-refractivity contribution in [2.24, 2.45) is 0 Å². The molecule has 2 N–H and O–H groups in total. The van der Waals surface area contributed by atoms with Gasteiger partial charge >= 0.3 is 0 Å². The van der Waals surface area contributed by atoms with Crippen LogP contribution in [0, 0.1) is 0 Å². The Kier molecular flexibility index (Phi) is 1.85. The molecule has 0 saturated carbocycles. The van der Waals surface area contributed by atoms with Crippen molar-refractivity contribution in [2.45, 2.75) is 23.9 Å². The smallest absolute Gasteiger partial charge is 0.116 e. The van der Waals surface area contributed by atoms with Crippen molar-refractivity contribution in [1.29, 1.82) is 0 Å². The molecule has 3 rings (SSSR count). The number of aromatic hydroxyl groups is 1. The fourth-order valence-electron chi connectivity index (χ4n) is 2.13. The van der Waals surface area contributed by atoms with Crippen LogP contribution >= 0.6 is 11.9 Å². The van der Waals surface area contributed by atoms with Crippen molar-refractivity contribution < 1.29 is 5.11 Å². The van der Waals surface area contributed by atoms with Crippen LogP contribution in [0.25, 0.3) is 0 Å². The molecule has 3 nitrogen and oxygen atoms in total. The third-order valence-corrected chi connectivity index (χ3v) is 3.75. The molecule has 2 aliphatic rings. The first kappa shape index (κ1) is 8.44. The predicted octanol–water partition coefficient (Wildman–Crippen LogP) is 1.93. The van der Waals surface area contributed by atoms with Gasteiger partial charge in [0.15, 0.2) is 0 Å². The van der Waals surface area contributed by atoms with Gasteiger partial charge in [-0.25, -0.2) is 4.72 Å². The van der Waals surface area contributed by atoms with Gasteiger partial charge in [0.25, 0.3) is 0 Å². The maximum Gasteiger partial charge on any atom is 0.116 e. The number of fused-ring (bicyclic) bond motifs is 3. The number of nitrogens with zero attached hydrogens (tertiary/aromatic N) is 1. The fourth-order valence-corrected chi connectivity index (χ4v) is 3.11. The molecule has 2 heterocycles. The van der Waals surface area contributed by atoms with Crippen molar-refractivity contribution in [2.75, 3.05) is 11.4 Å². The Bertz CT molecular complexity index is 369. The van der Waals surface area contributed by atoms with E-state index in [-0.39, 0.29) is 0 Å². The van der Waals surface area contributed by atoms with Crippen LogP contribution in [0.3, 0.4) is 0 Å². The van der Waals surface area contributed by atoms with Crippen LogP contribution < -0.4 is 9.62 Å². The molecule has 1 unspecified atom stereocenters. The number of hydrogen-bond acceptors (Lipinski definition) is 4. The zero-order valence-corrected chi connectivity index (χ0v) is 8.55. The lowest BCUT2D eigenvalue weighted by Gasteiger charge is -2.33. The van der Waals surface area contributed by atoms with Crippen LogP contribution in [0.15, 0.2) is 23.1 Å². The molecule has 1 aromatic carbocycles. The van der Waals surface area contributed by atoms with Gasteiger partial charge in [-0.3, -0.25) is 0 Å². The predicted molar refractivity (Wildman–Crippen MR) is 57.5 cm³/mol. The summed E-state index contributed by atoms with van der Waals surface area (Å²) in [4.78, 5) is 3.51. The average Bonchev–Trinajstić information content (AvgIpc) is 2.65. The van der Waals surface area contributed by atoms with E-state index >= 15 is 0 Å². The van der Waals surface area contributed by atoms with E-state index < -0.39 is 0 Å². The van der Waals surface area contributed by atoms with Gasteiger partial charge in [0.05, 0.1) is 11.9 Å². The topological polar surface area (TPSA) is 35.5 Å². The van der Waals surface area contributed by atoms with Gasteiger partial charge in [0.1, 0.15) is 5.75 Å². The van der Waals surface area contributed by atoms with Gasteiger partial charge in [-0.15, -0.1) is 0 Å². The Hall–Kier alpha value is -0.870. The van der Waals surface area contributed by atoms with Crippen LogP contribution in [-0.4, -0.2) is 17.8 Å². The molecule has 74 valence electrons. The largest absolute Gasteiger partial charge is 0.508 e. The lowest BCUT2D eigenvalue weighted by molar-refractivity contribution is 0.473. The van der Waals surface area contributed by atoms with Crippen molar-refractivity contribution >= 4 is 17.6 Å². The molecule has 1 saturated heterocycles. The first-order chi connectivity index (χ1) is 6.84. The molecule has 0 aliphatic carbocycles. The summed E-state index contributed by atoms with van der Waals surface area (Å²) >= 11 is 1.63. The molecule has 1 atom stereocenters. The highest BCUT2D eigenvalue weighted by Crippen LogP contribution is 2.39. The minimum Gasteiger partial charge on any atom is -0.508 e. The van der Waals surface area contributed by atoms with Gasteiger partial charge in [-0.1, -0.05) is 0 Å². The second kappa shape index (κ2) is 3.07. The summed E-state index contributed by atoms with van der Waals surface area (Å²) in [6.45, 7) is 1.12. The SMILES string of the molecule is Oc1ccc2c(c1)SNC1CCCN21. The Balaban J connectivity index is 2.05. The normalized spacial score (nSPS) is 24.6. The Morgan fingerprint density at radius 1 is 1.50 bits per heavy atom. The van der Waals surface area contributed by atoms with Crippen molar-refractivity contribution in [3.8, 4) is 5.75 Å². The number of nitrogens with one attached hydrogen (secondary N) is 1. The van der Waals surface area contributed by atoms with Crippen LogP contribution in [0.4, 0.5) is 5.69 Å². The van der Waals surface area contributed by atoms with Gasteiger partial charge < -0.3 is 10.0 Å². The van der Waals surface area contributed by atoms with Crippen LogP contribution in [-0.2, 0) is 0 Å².